The smallest absolute Gasteiger partial charge is 0.319 e. The monoisotopic (exact) mass is 331 g/mol. The van der Waals surface area contributed by atoms with E-state index in [1.807, 2.05) is 4.90 Å². The molecule has 2 aliphatic rings. The molecule has 0 aromatic carbocycles. The van der Waals surface area contributed by atoms with Gasteiger partial charge in [0.2, 0.25) is 5.91 Å². The van der Waals surface area contributed by atoms with Crippen molar-refractivity contribution in [1.82, 2.24) is 24.7 Å². The molecule has 2 saturated heterocycles. The predicted molar refractivity (Wildman–Crippen MR) is 79.6 cm³/mol. The number of nitrogens with zero attached hydrogens (tertiary/aromatic N) is 4. The Bertz CT molecular complexity index is 512. The molecule has 1 aromatic rings. The Balaban J connectivity index is 1.51. The number of amides is 1. The highest BCUT2D eigenvalue weighted by Crippen LogP contribution is 2.16. The molecule has 0 bridgehead atoms. The molecule has 1 aromatic heterocycles. The molecule has 3 rings (SSSR count). The summed E-state index contributed by atoms with van der Waals surface area (Å²) in [6, 6.07) is -0.0747. The first-order valence-corrected chi connectivity index (χ1v) is 8.43. The second-order valence-electron chi connectivity index (χ2n) is 5.40. The summed E-state index contributed by atoms with van der Waals surface area (Å²) in [5.74, 6) is 2.17. The first-order chi connectivity index (χ1) is 10.6. The molecule has 6 nitrogen and oxygen atoms in total. The van der Waals surface area contributed by atoms with E-state index in [4.69, 9.17) is 0 Å². The molecular weight excluding hydrogens is 312 g/mol. The van der Waals surface area contributed by atoms with E-state index in [1.165, 1.54) is 12.4 Å². The molecule has 2 fully saturated rings. The number of carbonyl (C=O) groups excluding carboxylic acids is 1. The molecule has 1 atom stereocenters. The minimum atomic E-state index is -2.56. The quantitative estimate of drug-likeness (QED) is 0.875. The summed E-state index contributed by atoms with van der Waals surface area (Å²) in [5.41, 5.74) is 0. The topological polar surface area (TPSA) is 53.4 Å². The Hall–Kier alpha value is -1.19. The zero-order valence-electron chi connectivity index (χ0n) is 12.1. The minimum Gasteiger partial charge on any atom is -0.339 e. The number of rotatable bonds is 4. The molecule has 0 saturated carbocycles. The van der Waals surface area contributed by atoms with Crippen molar-refractivity contribution in [3.05, 3.63) is 18.2 Å². The van der Waals surface area contributed by atoms with E-state index < -0.39 is 6.55 Å². The molecule has 1 N–H and O–H groups in total. The van der Waals surface area contributed by atoms with Gasteiger partial charge in [0.15, 0.2) is 0 Å². The highest BCUT2D eigenvalue weighted by atomic mass is 32.2. The molecule has 122 valence electrons. The number of alkyl halides is 2. The molecule has 9 heteroatoms. The average molecular weight is 331 g/mol. The molecule has 0 aliphatic carbocycles. The second-order valence-corrected chi connectivity index (χ2v) is 6.43. The lowest BCUT2D eigenvalue weighted by molar-refractivity contribution is -0.134. The first-order valence-electron chi connectivity index (χ1n) is 7.27. The lowest BCUT2D eigenvalue weighted by atomic mass is 10.2. The first kappa shape index (κ1) is 15.7. The van der Waals surface area contributed by atoms with Crippen molar-refractivity contribution in [2.75, 3.05) is 37.8 Å². The van der Waals surface area contributed by atoms with Gasteiger partial charge in [0.05, 0.1) is 12.6 Å². The van der Waals surface area contributed by atoms with Crippen LogP contribution in [0.15, 0.2) is 12.4 Å². The number of thioether (sulfide) groups is 1. The van der Waals surface area contributed by atoms with E-state index >= 15 is 0 Å². The fraction of sp³-hybridized carbons (Fsp3) is 0.692. The van der Waals surface area contributed by atoms with Gasteiger partial charge in [0, 0.05) is 50.2 Å². The molecule has 3 heterocycles. The van der Waals surface area contributed by atoms with E-state index in [0.717, 1.165) is 16.2 Å². The van der Waals surface area contributed by atoms with Crippen LogP contribution in [-0.2, 0) is 11.3 Å². The van der Waals surface area contributed by atoms with Crippen LogP contribution in [0.5, 0.6) is 0 Å². The van der Waals surface area contributed by atoms with Gasteiger partial charge in [-0.2, -0.15) is 8.78 Å². The zero-order chi connectivity index (χ0) is 15.5. The SMILES string of the molecule is O=C(C1CSCN1)N1CCN(Cc2nccn2C(F)F)CC1. The Morgan fingerprint density at radius 3 is 2.82 bits per heavy atom. The van der Waals surface area contributed by atoms with Crippen LogP contribution < -0.4 is 5.32 Å². The Labute approximate surface area is 131 Å². The maximum atomic E-state index is 12.8. The lowest BCUT2D eigenvalue weighted by Crippen LogP contribution is -2.53. The van der Waals surface area contributed by atoms with Crippen molar-refractivity contribution in [2.24, 2.45) is 0 Å². The van der Waals surface area contributed by atoms with Crippen LogP contribution >= 0.6 is 11.8 Å². The van der Waals surface area contributed by atoms with Gasteiger partial charge in [-0.1, -0.05) is 0 Å². The number of carbonyl (C=O) groups is 1. The van der Waals surface area contributed by atoms with E-state index in [0.29, 0.717) is 38.5 Å². The molecule has 1 amide bonds. The van der Waals surface area contributed by atoms with Gasteiger partial charge in [-0.3, -0.25) is 19.6 Å². The molecule has 0 spiro atoms. The van der Waals surface area contributed by atoms with Crippen molar-refractivity contribution < 1.29 is 13.6 Å². The average Bonchev–Trinajstić information content (AvgIpc) is 3.18. The van der Waals surface area contributed by atoms with Gasteiger partial charge in [-0.25, -0.2) is 4.98 Å². The standard InChI is InChI=1S/C13H19F2N5OS/c14-13(15)20-2-1-16-11(20)7-18-3-5-19(6-4-18)12(21)10-8-22-9-17-10/h1-2,10,13,17H,3-9H2. The van der Waals surface area contributed by atoms with Gasteiger partial charge >= 0.3 is 6.55 Å². The molecule has 1 unspecified atom stereocenters. The Morgan fingerprint density at radius 1 is 1.41 bits per heavy atom. The van der Waals surface area contributed by atoms with Gasteiger partial charge in [0.25, 0.3) is 0 Å². The van der Waals surface area contributed by atoms with Gasteiger partial charge in [0.1, 0.15) is 5.82 Å². The fourth-order valence-electron chi connectivity index (χ4n) is 2.74. The van der Waals surface area contributed by atoms with Crippen molar-refractivity contribution >= 4 is 17.7 Å². The fourth-order valence-corrected chi connectivity index (χ4v) is 3.68. The van der Waals surface area contributed by atoms with Crippen LogP contribution in [0.25, 0.3) is 0 Å². The van der Waals surface area contributed by atoms with Crippen LogP contribution in [0, 0.1) is 0 Å². The predicted octanol–water partition coefficient (Wildman–Crippen LogP) is 0.585. The van der Waals surface area contributed by atoms with Crippen molar-refractivity contribution in [1.29, 1.82) is 0 Å². The van der Waals surface area contributed by atoms with Crippen LogP contribution in [0.1, 0.15) is 12.4 Å². The summed E-state index contributed by atoms with van der Waals surface area (Å²) in [6.45, 7) is 0.459. The van der Waals surface area contributed by atoms with E-state index in [2.05, 4.69) is 15.2 Å². The molecular formula is C13H19F2N5OS. The van der Waals surface area contributed by atoms with E-state index in [1.54, 1.807) is 11.8 Å². The molecule has 0 radical (unpaired) electrons. The number of aromatic nitrogens is 2. The van der Waals surface area contributed by atoms with Gasteiger partial charge in [-0.05, 0) is 0 Å². The van der Waals surface area contributed by atoms with Crippen LogP contribution in [0.3, 0.4) is 0 Å². The van der Waals surface area contributed by atoms with Crippen molar-refractivity contribution in [3.63, 3.8) is 0 Å². The normalized spacial score (nSPS) is 23.4. The molecule has 22 heavy (non-hydrogen) atoms. The summed E-state index contributed by atoms with van der Waals surface area (Å²) >= 11 is 1.73. The number of halogens is 2. The number of imidazole rings is 1. The summed E-state index contributed by atoms with van der Waals surface area (Å²) in [5, 5.41) is 3.18. The van der Waals surface area contributed by atoms with Gasteiger partial charge < -0.3 is 4.90 Å². The van der Waals surface area contributed by atoms with Crippen molar-refractivity contribution in [2.45, 2.75) is 19.1 Å². The third kappa shape index (κ3) is 3.41. The largest absolute Gasteiger partial charge is 0.339 e. The highest BCUT2D eigenvalue weighted by Gasteiger charge is 2.29. The van der Waals surface area contributed by atoms with Crippen LogP contribution in [0.4, 0.5) is 8.78 Å². The Morgan fingerprint density at radius 2 is 2.18 bits per heavy atom. The Kier molecular flexibility index (Phi) is 4.94. The third-order valence-electron chi connectivity index (χ3n) is 4.02. The maximum Gasteiger partial charge on any atom is 0.319 e. The summed E-state index contributed by atoms with van der Waals surface area (Å²) in [7, 11) is 0. The minimum absolute atomic E-state index is 0.0747. The van der Waals surface area contributed by atoms with Gasteiger partial charge in [-0.15, -0.1) is 11.8 Å². The third-order valence-corrected chi connectivity index (χ3v) is 4.96. The maximum absolute atomic E-state index is 12.8. The number of hydrogen-bond acceptors (Lipinski definition) is 5. The number of nitrogens with one attached hydrogen (secondary N) is 1. The molecule has 2 aliphatic heterocycles. The summed E-state index contributed by atoms with van der Waals surface area (Å²) in [4.78, 5) is 20.2. The number of hydrogen-bond donors (Lipinski definition) is 1. The van der Waals surface area contributed by atoms with E-state index in [9.17, 15) is 13.6 Å². The van der Waals surface area contributed by atoms with Crippen LogP contribution in [-0.4, -0.2) is 69.1 Å². The zero-order valence-corrected chi connectivity index (χ0v) is 12.9. The summed E-state index contributed by atoms with van der Waals surface area (Å²) < 4.78 is 26.5. The second kappa shape index (κ2) is 6.93. The number of piperazine rings is 1. The van der Waals surface area contributed by atoms with E-state index in [-0.39, 0.29) is 11.9 Å². The van der Waals surface area contributed by atoms with Crippen LogP contribution in [0.2, 0.25) is 0 Å². The highest BCUT2D eigenvalue weighted by molar-refractivity contribution is 7.99. The van der Waals surface area contributed by atoms with Crippen molar-refractivity contribution in [3.8, 4) is 0 Å². The summed E-state index contributed by atoms with van der Waals surface area (Å²) in [6.07, 6.45) is 2.69. The lowest BCUT2D eigenvalue weighted by Gasteiger charge is -2.35.